The molecule has 3 heteroatoms. The van der Waals surface area contributed by atoms with E-state index in [4.69, 9.17) is 0 Å². The maximum Gasteiger partial charge on any atom is 0.0359 e. The summed E-state index contributed by atoms with van der Waals surface area (Å²) in [5.41, 5.74) is 1.37. The Kier molecular flexibility index (Phi) is 5.72. The van der Waals surface area contributed by atoms with Crippen LogP contribution in [0.3, 0.4) is 0 Å². The van der Waals surface area contributed by atoms with Crippen LogP contribution in [0.2, 0.25) is 0 Å². The third-order valence-corrected chi connectivity index (χ3v) is 3.36. The van der Waals surface area contributed by atoms with Crippen molar-refractivity contribution in [2.24, 2.45) is 5.92 Å². The Balaban J connectivity index is 2.41. The summed E-state index contributed by atoms with van der Waals surface area (Å²) in [4.78, 5) is 2.30. The fraction of sp³-hybridized carbons (Fsp3) is 0.714. The highest BCUT2D eigenvalue weighted by Crippen LogP contribution is 2.07. The fourth-order valence-electron chi connectivity index (χ4n) is 2.28. The zero-order chi connectivity index (χ0) is 12.8. The fourth-order valence-corrected chi connectivity index (χ4v) is 2.28. The lowest BCUT2D eigenvalue weighted by molar-refractivity contribution is 0.224. The van der Waals surface area contributed by atoms with Crippen molar-refractivity contribution in [2.75, 3.05) is 20.6 Å². The summed E-state index contributed by atoms with van der Waals surface area (Å²) in [7, 11) is 4.31. The molecule has 1 unspecified atom stereocenters. The smallest absolute Gasteiger partial charge is 0.0359 e. The van der Waals surface area contributed by atoms with Crippen LogP contribution in [-0.2, 0) is 13.1 Å². The maximum absolute atomic E-state index is 3.56. The molecule has 0 bridgehead atoms. The van der Waals surface area contributed by atoms with E-state index in [1.165, 1.54) is 5.69 Å². The highest BCUT2D eigenvalue weighted by Gasteiger charge is 2.14. The van der Waals surface area contributed by atoms with Gasteiger partial charge in [0, 0.05) is 37.6 Å². The molecule has 0 radical (unpaired) electrons. The van der Waals surface area contributed by atoms with Crippen LogP contribution in [-0.4, -0.2) is 36.1 Å². The molecule has 0 fully saturated rings. The Morgan fingerprint density at radius 3 is 2.59 bits per heavy atom. The third kappa shape index (κ3) is 4.17. The van der Waals surface area contributed by atoms with Gasteiger partial charge in [-0.1, -0.05) is 13.8 Å². The Labute approximate surface area is 106 Å². The first kappa shape index (κ1) is 14.3. The van der Waals surface area contributed by atoms with E-state index in [-0.39, 0.29) is 0 Å². The summed E-state index contributed by atoms with van der Waals surface area (Å²) in [5.74, 6) is 0.676. The maximum atomic E-state index is 3.56. The Hall–Kier alpha value is -0.800. The largest absolute Gasteiger partial charge is 0.351 e. The number of nitrogens with one attached hydrogen (secondary N) is 1. The molecule has 0 aliphatic carbocycles. The van der Waals surface area contributed by atoms with Crippen molar-refractivity contribution >= 4 is 0 Å². The number of likely N-dealkylation sites (N-methyl/N-ethyl adjacent to an activating group) is 1. The topological polar surface area (TPSA) is 20.2 Å². The van der Waals surface area contributed by atoms with Crippen molar-refractivity contribution in [3.8, 4) is 0 Å². The van der Waals surface area contributed by atoms with E-state index >= 15 is 0 Å². The second kappa shape index (κ2) is 6.82. The number of aromatic nitrogens is 1. The summed E-state index contributed by atoms with van der Waals surface area (Å²) >= 11 is 0. The highest BCUT2D eigenvalue weighted by molar-refractivity contribution is 5.06. The van der Waals surface area contributed by atoms with Gasteiger partial charge in [0.1, 0.15) is 0 Å². The third-order valence-electron chi connectivity index (χ3n) is 3.36. The lowest BCUT2D eigenvalue weighted by atomic mass is 10.0. The van der Waals surface area contributed by atoms with Crippen molar-refractivity contribution < 1.29 is 0 Å². The van der Waals surface area contributed by atoms with E-state index in [0.717, 1.165) is 19.6 Å². The Morgan fingerprint density at radius 1 is 1.35 bits per heavy atom. The van der Waals surface area contributed by atoms with E-state index < -0.39 is 0 Å². The summed E-state index contributed by atoms with van der Waals surface area (Å²) < 4.78 is 2.28. The molecule has 0 aromatic carbocycles. The molecule has 0 aliphatic rings. The lowest BCUT2D eigenvalue weighted by Crippen LogP contribution is -2.41. The Bertz CT molecular complexity index is 307. The molecule has 0 saturated heterocycles. The van der Waals surface area contributed by atoms with Gasteiger partial charge < -0.3 is 14.8 Å². The quantitative estimate of drug-likeness (QED) is 0.784. The molecule has 1 N–H and O–H groups in total. The van der Waals surface area contributed by atoms with Crippen LogP contribution in [0, 0.1) is 5.92 Å². The molecule has 1 heterocycles. The summed E-state index contributed by atoms with van der Waals surface area (Å²) in [6.07, 6.45) is 2.14. The first-order valence-corrected chi connectivity index (χ1v) is 6.57. The van der Waals surface area contributed by atoms with Gasteiger partial charge in [0.2, 0.25) is 0 Å². The highest BCUT2D eigenvalue weighted by atomic mass is 15.1. The minimum absolute atomic E-state index is 0.597. The van der Waals surface area contributed by atoms with Gasteiger partial charge in [-0.15, -0.1) is 0 Å². The van der Waals surface area contributed by atoms with Gasteiger partial charge in [0.15, 0.2) is 0 Å². The molecule has 0 saturated carbocycles. The molecule has 0 spiro atoms. The number of rotatable bonds is 7. The average Bonchev–Trinajstić information content (AvgIpc) is 2.70. The molecule has 1 rings (SSSR count). The van der Waals surface area contributed by atoms with E-state index in [0.29, 0.717) is 12.0 Å². The molecule has 1 aromatic heterocycles. The number of aryl methyl sites for hydroxylation is 1. The molecule has 17 heavy (non-hydrogen) atoms. The van der Waals surface area contributed by atoms with Crippen molar-refractivity contribution in [2.45, 2.75) is 39.9 Å². The molecule has 1 aromatic rings. The molecule has 98 valence electrons. The number of hydrogen-bond donors (Lipinski definition) is 1. The minimum Gasteiger partial charge on any atom is -0.351 e. The zero-order valence-corrected chi connectivity index (χ0v) is 11.9. The van der Waals surface area contributed by atoms with Gasteiger partial charge in [0.25, 0.3) is 0 Å². The van der Waals surface area contributed by atoms with Gasteiger partial charge in [-0.25, -0.2) is 0 Å². The van der Waals surface area contributed by atoms with E-state index in [1.54, 1.807) is 0 Å². The average molecular weight is 237 g/mol. The van der Waals surface area contributed by atoms with Crippen molar-refractivity contribution in [3.05, 3.63) is 24.0 Å². The van der Waals surface area contributed by atoms with Gasteiger partial charge in [-0.3, -0.25) is 0 Å². The van der Waals surface area contributed by atoms with Crippen molar-refractivity contribution in [3.63, 3.8) is 0 Å². The summed E-state index contributed by atoms with van der Waals surface area (Å²) in [5, 5.41) is 3.56. The van der Waals surface area contributed by atoms with E-state index in [1.807, 2.05) is 0 Å². The first-order chi connectivity index (χ1) is 8.06. The zero-order valence-electron chi connectivity index (χ0n) is 11.9. The monoisotopic (exact) mass is 237 g/mol. The first-order valence-electron chi connectivity index (χ1n) is 6.57. The summed E-state index contributed by atoms with van der Waals surface area (Å²) in [6.45, 7) is 9.78. The van der Waals surface area contributed by atoms with E-state index in [2.05, 4.69) is 68.0 Å². The van der Waals surface area contributed by atoms with Crippen LogP contribution < -0.4 is 5.32 Å². The molecule has 1 atom stereocenters. The molecule has 0 amide bonds. The second-order valence-electron chi connectivity index (χ2n) is 5.19. The van der Waals surface area contributed by atoms with Crippen molar-refractivity contribution in [1.29, 1.82) is 0 Å². The normalized spacial score (nSPS) is 13.6. The van der Waals surface area contributed by atoms with E-state index in [9.17, 15) is 0 Å². The van der Waals surface area contributed by atoms with Gasteiger partial charge in [-0.2, -0.15) is 0 Å². The lowest BCUT2D eigenvalue weighted by Gasteiger charge is -2.28. The van der Waals surface area contributed by atoms with Crippen LogP contribution in [0.4, 0.5) is 0 Å². The van der Waals surface area contributed by atoms with Gasteiger partial charge in [0.05, 0.1) is 0 Å². The molecular formula is C14H27N3. The molecule has 3 nitrogen and oxygen atoms in total. The number of hydrogen-bond acceptors (Lipinski definition) is 2. The van der Waals surface area contributed by atoms with Gasteiger partial charge >= 0.3 is 0 Å². The van der Waals surface area contributed by atoms with Crippen LogP contribution in [0.1, 0.15) is 26.5 Å². The van der Waals surface area contributed by atoms with Crippen LogP contribution >= 0.6 is 0 Å². The van der Waals surface area contributed by atoms with Crippen LogP contribution in [0.5, 0.6) is 0 Å². The standard InChI is InChI=1S/C14H27N3/c1-6-17-9-7-8-13(17)10-15-11-14(12(2)3)16(4)5/h7-9,12,14-15H,6,10-11H2,1-5H3. The Morgan fingerprint density at radius 2 is 2.06 bits per heavy atom. The SMILES string of the molecule is CCn1cccc1CNCC(C(C)C)N(C)C. The summed E-state index contributed by atoms with van der Waals surface area (Å²) in [6, 6.07) is 4.91. The van der Waals surface area contributed by atoms with Gasteiger partial charge in [-0.05, 0) is 39.1 Å². The predicted octanol–water partition coefficient (Wildman–Crippen LogP) is 2.18. The van der Waals surface area contributed by atoms with Crippen molar-refractivity contribution in [1.82, 2.24) is 14.8 Å². The molecular weight excluding hydrogens is 210 g/mol. The number of nitrogens with zero attached hydrogens (tertiary/aromatic N) is 2. The second-order valence-corrected chi connectivity index (χ2v) is 5.19. The minimum atomic E-state index is 0.597. The predicted molar refractivity (Wildman–Crippen MR) is 74.1 cm³/mol. The van der Waals surface area contributed by atoms with Crippen LogP contribution in [0.25, 0.3) is 0 Å². The van der Waals surface area contributed by atoms with Crippen LogP contribution in [0.15, 0.2) is 18.3 Å². The molecule has 0 aliphatic heterocycles.